The van der Waals surface area contributed by atoms with Crippen molar-refractivity contribution in [2.75, 3.05) is 0 Å². The predicted molar refractivity (Wildman–Crippen MR) is 192 cm³/mol. The Kier molecular flexibility index (Phi) is 6.19. The van der Waals surface area contributed by atoms with Crippen molar-refractivity contribution in [3.63, 3.8) is 0 Å². The fourth-order valence-corrected chi connectivity index (χ4v) is 7.80. The summed E-state index contributed by atoms with van der Waals surface area (Å²) >= 11 is 0. The highest BCUT2D eigenvalue weighted by atomic mass is 14.9. The molecule has 0 bridgehead atoms. The van der Waals surface area contributed by atoms with Crippen molar-refractivity contribution in [3.8, 4) is 22.3 Å². The first kappa shape index (κ1) is 26.6. The fourth-order valence-electron chi connectivity index (χ4n) is 7.80. The second kappa shape index (κ2) is 10.7. The Morgan fingerprint density at radius 1 is 0.348 bits per heavy atom. The van der Waals surface area contributed by atoms with E-state index in [1.165, 1.54) is 77.4 Å². The van der Waals surface area contributed by atoms with E-state index in [1.807, 2.05) is 0 Å². The number of fused-ring (bicyclic) bond motifs is 6. The Labute approximate surface area is 269 Å². The summed E-state index contributed by atoms with van der Waals surface area (Å²) in [5, 5.41) is 7.46. The number of hydrogen-bond acceptors (Lipinski definition) is 0. The Morgan fingerprint density at radius 2 is 0.913 bits per heavy atom. The smallest absolute Gasteiger partial charge is 0.134 e. The lowest BCUT2D eigenvalue weighted by Crippen LogP contribution is -2.71. The first-order valence-electron chi connectivity index (χ1n) is 16.0. The van der Waals surface area contributed by atoms with Gasteiger partial charge in [0.05, 0.1) is 5.41 Å². The maximum atomic E-state index is 2.42. The second-order valence-electron chi connectivity index (χ2n) is 12.3. The number of benzene rings is 8. The first-order valence-corrected chi connectivity index (χ1v) is 16.0. The van der Waals surface area contributed by atoms with Gasteiger partial charge in [-0.15, -0.1) is 0 Å². The van der Waals surface area contributed by atoms with E-state index in [9.17, 15) is 0 Å². The standard InChI is InChI=1S/C45H31N/c1-3-14-33(15-4-1)45(34-16-5-2-6-17-34)43-22-12-11-21-40(43)41-28-27-36(30-44(41)45)46-35-25-23-31(24-26-35)42-29-32-13-7-8-18-37(32)38-19-9-10-20-39(38)42/h1-30,46H/p+1. The summed E-state index contributed by atoms with van der Waals surface area (Å²) < 4.78 is 0. The van der Waals surface area contributed by atoms with Crippen LogP contribution in [0.1, 0.15) is 22.3 Å². The molecule has 216 valence electrons. The number of quaternary nitrogens is 1. The van der Waals surface area contributed by atoms with Crippen LogP contribution in [0.4, 0.5) is 11.4 Å². The Bertz CT molecular complexity index is 2330. The van der Waals surface area contributed by atoms with Gasteiger partial charge in [-0.25, -0.2) is 0 Å². The molecule has 1 heteroatoms. The van der Waals surface area contributed by atoms with Gasteiger partial charge < -0.3 is 0 Å². The van der Waals surface area contributed by atoms with E-state index >= 15 is 0 Å². The van der Waals surface area contributed by atoms with Crippen molar-refractivity contribution in [2.24, 2.45) is 0 Å². The summed E-state index contributed by atoms with van der Waals surface area (Å²) in [5.41, 5.74) is 12.4. The van der Waals surface area contributed by atoms with Crippen LogP contribution in [0.5, 0.6) is 0 Å². The van der Waals surface area contributed by atoms with Crippen LogP contribution in [-0.2, 0) is 5.41 Å². The third kappa shape index (κ3) is 4.06. The SMILES string of the molecule is c1ccc(C2(c3ccccc3)c3ccccc3-c3ccc([NH2+]c4ccc(-c5cc6ccccc6c6ccccc56)cc4)cc32)cc1. The maximum absolute atomic E-state index is 2.42. The van der Waals surface area contributed by atoms with Crippen molar-refractivity contribution in [2.45, 2.75) is 5.41 Å². The van der Waals surface area contributed by atoms with Crippen LogP contribution in [-0.4, -0.2) is 0 Å². The van der Waals surface area contributed by atoms with Crippen molar-refractivity contribution in [1.29, 1.82) is 0 Å². The Hall–Kier alpha value is -5.76. The third-order valence-electron chi connectivity index (χ3n) is 9.81. The van der Waals surface area contributed by atoms with Gasteiger partial charge in [0.2, 0.25) is 0 Å². The molecule has 8 aromatic rings. The van der Waals surface area contributed by atoms with E-state index in [0.717, 1.165) is 0 Å². The first-order chi connectivity index (χ1) is 22.8. The van der Waals surface area contributed by atoms with E-state index < -0.39 is 0 Å². The zero-order chi connectivity index (χ0) is 30.5. The molecule has 8 aromatic carbocycles. The van der Waals surface area contributed by atoms with Gasteiger partial charge in [-0.2, -0.15) is 0 Å². The van der Waals surface area contributed by atoms with E-state index in [0.29, 0.717) is 0 Å². The summed E-state index contributed by atoms with van der Waals surface area (Å²) in [6.45, 7) is 0. The monoisotopic (exact) mass is 586 g/mol. The average Bonchev–Trinajstić information content (AvgIpc) is 3.43. The van der Waals surface area contributed by atoms with Crippen molar-refractivity contribution >= 4 is 32.9 Å². The molecule has 46 heavy (non-hydrogen) atoms. The van der Waals surface area contributed by atoms with Crippen LogP contribution in [0.2, 0.25) is 0 Å². The molecule has 9 rings (SSSR count). The van der Waals surface area contributed by atoms with Crippen molar-refractivity contribution in [1.82, 2.24) is 0 Å². The number of nitrogens with two attached hydrogens (primary N) is 1. The van der Waals surface area contributed by atoms with Crippen molar-refractivity contribution < 1.29 is 5.32 Å². The summed E-state index contributed by atoms with van der Waals surface area (Å²) in [6, 6.07) is 66.8. The van der Waals surface area contributed by atoms with Gasteiger partial charge in [-0.1, -0.05) is 133 Å². The molecule has 0 saturated heterocycles. The summed E-state index contributed by atoms with van der Waals surface area (Å²) in [5.74, 6) is 0. The van der Waals surface area contributed by atoms with E-state index in [1.54, 1.807) is 0 Å². The van der Waals surface area contributed by atoms with Crippen molar-refractivity contribution in [3.05, 3.63) is 204 Å². The molecular formula is C45H32N+. The maximum Gasteiger partial charge on any atom is 0.134 e. The van der Waals surface area contributed by atoms with Crippen LogP contribution in [0, 0.1) is 0 Å². The van der Waals surface area contributed by atoms with Gasteiger partial charge in [0.1, 0.15) is 11.4 Å². The lowest BCUT2D eigenvalue weighted by Gasteiger charge is -2.33. The van der Waals surface area contributed by atoms with Crippen LogP contribution < -0.4 is 5.32 Å². The normalized spacial score (nSPS) is 13.0. The fraction of sp³-hybridized carbons (Fsp3) is 0.0222. The van der Waals surface area contributed by atoms with Gasteiger partial charge in [0, 0.05) is 12.1 Å². The Morgan fingerprint density at radius 3 is 1.65 bits per heavy atom. The summed E-state index contributed by atoms with van der Waals surface area (Å²) in [6.07, 6.45) is 0. The molecule has 1 nitrogen and oxygen atoms in total. The third-order valence-corrected chi connectivity index (χ3v) is 9.81. The molecule has 0 amide bonds. The average molecular weight is 587 g/mol. The molecule has 0 aliphatic heterocycles. The molecule has 0 saturated carbocycles. The second-order valence-corrected chi connectivity index (χ2v) is 12.3. The van der Waals surface area contributed by atoms with Gasteiger partial charge in [-0.3, -0.25) is 5.32 Å². The summed E-state index contributed by atoms with van der Waals surface area (Å²) in [4.78, 5) is 0. The van der Waals surface area contributed by atoms with E-state index in [2.05, 4.69) is 187 Å². The van der Waals surface area contributed by atoms with Gasteiger partial charge in [-0.05, 0) is 102 Å². The zero-order valence-corrected chi connectivity index (χ0v) is 25.4. The molecule has 0 radical (unpaired) electrons. The minimum absolute atomic E-state index is 0.390. The number of hydrogen-bond donors (Lipinski definition) is 1. The molecule has 1 aliphatic carbocycles. The molecule has 0 unspecified atom stereocenters. The Balaban J connectivity index is 1.14. The molecular weight excluding hydrogens is 555 g/mol. The van der Waals surface area contributed by atoms with Crippen LogP contribution in [0.15, 0.2) is 182 Å². The topological polar surface area (TPSA) is 16.6 Å². The van der Waals surface area contributed by atoms with Crippen LogP contribution in [0.3, 0.4) is 0 Å². The largest absolute Gasteiger partial charge is 0.282 e. The molecule has 0 fully saturated rings. The minimum Gasteiger partial charge on any atom is -0.282 e. The van der Waals surface area contributed by atoms with Gasteiger partial charge in [0.25, 0.3) is 0 Å². The van der Waals surface area contributed by atoms with Crippen LogP contribution in [0.25, 0.3) is 43.8 Å². The van der Waals surface area contributed by atoms with Gasteiger partial charge in [0.15, 0.2) is 0 Å². The van der Waals surface area contributed by atoms with E-state index in [-0.39, 0.29) is 5.41 Å². The van der Waals surface area contributed by atoms with E-state index in [4.69, 9.17) is 0 Å². The molecule has 2 N–H and O–H groups in total. The quantitative estimate of drug-likeness (QED) is 0.153. The molecule has 0 atom stereocenters. The lowest BCUT2D eigenvalue weighted by atomic mass is 9.67. The molecule has 1 aliphatic rings. The zero-order valence-electron chi connectivity index (χ0n) is 25.4. The summed E-state index contributed by atoms with van der Waals surface area (Å²) in [7, 11) is 0. The lowest BCUT2D eigenvalue weighted by molar-refractivity contribution is -0.478. The minimum atomic E-state index is -0.390. The molecule has 0 heterocycles. The highest BCUT2D eigenvalue weighted by molar-refractivity contribution is 6.13. The molecule has 0 spiro atoms. The predicted octanol–water partition coefficient (Wildman–Crippen LogP) is 10.5. The van der Waals surface area contributed by atoms with Crippen LogP contribution >= 0.6 is 0 Å². The molecule has 0 aromatic heterocycles. The van der Waals surface area contributed by atoms with Gasteiger partial charge >= 0.3 is 0 Å². The number of rotatable bonds is 5. The highest BCUT2D eigenvalue weighted by Crippen LogP contribution is 2.56. The highest BCUT2D eigenvalue weighted by Gasteiger charge is 2.46.